The molecule has 0 fully saturated rings. The highest BCUT2D eigenvalue weighted by Crippen LogP contribution is 2.46. The summed E-state index contributed by atoms with van der Waals surface area (Å²) in [4.78, 5) is 3.45. The molecule has 1 aliphatic rings. The molecule has 0 unspecified atom stereocenters. The molecule has 0 aliphatic carbocycles. The second-order valence-electron chi connectivity index (χ2n) is 5.59. The number of aromatic nitrogens is 1. The maximum Gasteiger partial charge on any atom is 0.172 e. The van der Waals surface area contributed by atoms with Crippen molar-refractivity contribution in [1.82, 2.24) is 4.98 Å². The predicted molar refractivity (Wildman–Crippen MR) is 90.3 cm³/mol. The molecule has 3 heteroatoms. The maximum absolute atomic E-state index is 5.96. The van der Waals surface area contributed by atoms with Gasteiger partial charge in [0.25, 0.3) is 0 Å². The Morgan fingerprint density at radius 2 is 1.26 bits per heavy atom. The number of fused-ring (bicyclic) bond motifs is 3. The second-order valence-corrected chi connectivity index (χ2v) is 5.59. The van der Waals surface area contributed by atoms with Crippen LogP contribution in [-0.4, -0.2) is 4.98 Å². The fraction of sp³-hybridized carbons (Fsp3) is 0. The molecule has 0 saturated heterocycles. The third kappa shape index (κ3) is 1.98. The molecule has 0 atom stereocenters. The lowest BCUT2D eigenvalue weighted by Crippen LogP contribution is -1.98. The van der Waals surface area contributed by atoms with Gasteiger partial charge in [-0.3, -0.25) is 0 Å². The van der Waals surface area contributed by atoms with E-state index in [1.165, 1.54) is 0 Å². The number of ether oxygens (including phenoxy) is 2. The highest BCUT2D eigenvalue weighted by Gasteiger charge is 2.19. The number of benzene rings is 3. The zero-order valence-corrected chi connectivity index (χ0v) is 12.2. The third-order valence-corrected chi connectivity index (χ3v) is 4.06. The van der Waals surface area contributed by atoms with E-state index >= 15 is 0 Å². The quantitative estimate of drug-likeness (QED) is 0.428. The van der Waals surface area contributed by atoms with E-state index in [0.717, 1.165) is 45.2 Å². The van der Waals surface area contributed by atoms with E-state index in [0.29, 0.717) is 0 Å². The normalized spacial score (nSPS) is 12.2. The molecule has 0 bridgehead atoms. The molecule has 0 spiro atoms. The average Bonchev–Trinajstić information content (AvgIpc) is 3.01. The Kier molecular flexibility index (Phi) is 2.50. The Balaban J connectivity index is 1.64. The molecule has 5 rings (SSSR count). The lowest BCUT2D eigenvalue weighted by molar-refractivity contribution is 0.360. The summed E-state index contributed by atoms with van der Waals surface area (Å²) in [6.45, 7) is 0. The van der Waals surface area contributed by atoms with Crippen LogP contribution in [0.2, 0.25) is 0 Å². The molecule has 4 aromatic rings. The van der Waals surface area contributed by atoms with Crippen molar-refractivity contribution in [3.05, 3.63) is 72.8 Å². The predicted octanol–water partition coefficient (Wildman–Crippen LogP) is 5.73. The van der Waals surface area contributed by atoms with Gasteiger partial charge in [-0.1, -0.05) is 42.5 Å². The first-order valence-electron chi connectivity index (χ1n) is 7.54. The van der Waals surface area contributed by atoms with Crippen molar-refractivity contribution >= 4 is 10.9 Å². The van der Waals surface area contributed by atoms with Crippen LogP contribution in [0.25, 0.3) is 22.2 Å². The first-order valence-corrected chi connectivity index (χ1v) is 7.54. The number of hydrogen-bond acceptors (Lipinski definition) is 2. The minimum atomic E-state index is 0.734. The first-order chi connectivity index (χ1) is 11.4. The van der Waals surface area contributed by atoms with Crippen LogP contribution < -0.4 is 9.47 Å². The molecule has 1 aliphatic heterocycles. The molecule has 0 saturated carbocycles. The fourth-order valence-electron chi connectivity index (χ4n) is 2.93. The van der Waals surface area contributed by atoms with Gasteiger partial charge >= 0.3 is 0 Å². The van der Waals surface area contributed by atoms with E-state index in [9.17, 15) is 0 Å². The number of nitrogens with one attached hydrogen (secondary N) is 1. The Labute approximate surface area is 133 Å². The van der Waals surface area contributed by atoms with Gasteiger partial charge in [0, 0.05) is 22.7 Å². The van der Waals surface area contributed by atoms with Crippen molar-refractivity contribution in [3.8, 4) is 34.3 Å². The summed E-state index contributed by atoms with van der Waals surface area (Å²) in [5.74, 6) is 2.97. The molecule has 3 nitrogen and oxygen atoms in total. The zero-order chi connectivity index (χ0) is 15.2. The Morgan fingerprint density at radius 3 is 2.00 bits per heavy atom. The second kappa shape index (κ2) is 4.65. The number of hydrogen-bond donors (Lipinski definition) is 1. The van der Waals surface area contributed by atoms with Gasteiger partial charge in [-0.2, -0.15) is 0 Å². The maximum atomic E-state index is 5.96. The van der Waals surface area contributed by atoms with E-state index in [1.807, 2.05) is 54.6 Å². The number of para-hydroxylation sites is 2. The minimum absolute atomic E-state index is 0.734. The summed E-state index contributed by atoms with van der Waals surface area (Å²) in [5.41, 5.74) is 3.28. The Morgan fingerprint density at radius 1 is 0.609 bits per heavy atom. The van der Waals surface area contributed by atoms with Gasteiger partial charge in [-0.05, 0) is 29.8 Å². The smallest absolute Gasteiger partial charge is 0.172 e. The van der Waals surface area contributed by atoms with Gasteiger partial charge in [0.2, 0.25) is 0 Å². The van der Waals surface area contributed by atoms with Crippen molar-refractivity contribution in [2.45, 2.75) is 0 Å². The lowest BCUT2D eigenvalue weighted by Gasteiger charge is -2.20. The monoisotopic (exact) mass is 299 g/mol. The molecule has 0 amide bonds. The summed E-state index contributed by atoms with van der Waals surface area (Å²) in [5, 5.41) is 1.10. The van der Waals surface area contributed by atoms with Crippen LogP contribution in [0.5, 0.6) is 23.0 Å². The standard InChI is InChI=1S/C20H13NO2/c1-2-6-13(7-3-1)15-10-14-11-19-20(12-16(14)21-15)23-18-9-5-4-8-17(18)22-19/h1-12,21H. The van der Waals surface area contributed by atoms with Gasteiger partial charge in [-0.15, -0.1) is 0 Å². The number of H-pyrrole nitrogens is 1. The molecular formula is C20H13NO2. The molecule has 2 heterocycles. The van der Waals surface area contributed by atoms with Gasteiger partial charge in [-0.25, -0.2) is 0 Å². The van der Waals surface area contributed by atoms with Crippen molar-refractivity contribution in [2.75, 3.05) is 0 Å². The molecule has 110 valence electrons. The van der Waals surface area contributed by atoms with Gasteiger partial charge < -0.3 is 14.5 Å². The van der Waals surface area contributed by atoms with E-state index in [2.05, 4.69) is 23.2 Å². The van der Waals surface area contributed by atoms with Crippen LogP contribution in [0.1, 0.15) is 0 Å². The van der Waals surface area contributed by atoms with E-state index in [1.54, 1.807) is 0 Å². The molecule has 1 aromatic heterocycles. The average molecular weight is 299 g/mol. The zero-order valence-electron chi connectivity index (χ0n) is 12.2. The summed E-state index contributed by atoms with van der Waals surface area (Å²) in [7, 11) is 0. The van der Waals surface area contributed by atoms with Gasteiger partial charge in [0.05, 0.1) is 0 Å². The van der Waals surface area contributed by atoms with Crippen LogP contribution in [-0.2, 0) is 0 Å². The van der Waals surface area contributed by atoms with Crippen molar-refractivity contribution in [2.24, 2.45) is 0 Å². The highest BCUT2D eigenvalue weighted by molar-refractivity contribution is 5.89. The van der Waals surface area contributed by atoms with Crippen LogP contribution >= 0.6 is 0 Å². The van der Waals surface area contributed by atoms with Crippen molar-refractivity contribution in [1.29, 1.82) is 0 Å². The van der Waals surface area contributed by atoms with Crippen LogP contribution in [0, 0.1) is 0 Å². The summed E-state index contributed by atoms with van der Waals surface area (Å²) in [6, 6.07) is 24.1. The topological polar surface area (TPSA) is 34.2 Å². The van der Waals surface area contributed by atoms with Crippen LogP contribution in [0.4, 0.5) is 0 Å². The molecular weight excluding hydrogens is 286 g/mol. The van der Waals surface area contributed by atoms with E-state index < -0.39 is 0 Å². The SMILES string of the molecule is c1ccc(-c2cc3cc4c(cc3[nH]2)Oc2ccccc2O4)cc1. The summed E-state index contributed by atoms with van der Waals surface area (Å²) in [6.07, 6.45) is 0. The van der Waals surface area contributed by atoms with Gasteiger partial charge in [0.15, 0.2) is 23.0 Å². The summed E-state index contributed by atoms with van der Waals surface area (Å²) < 4.78 is 11.9. The van der Waals surface area contributed by atoms with Gasteiger partial charge in [0.1, 0.15) is 0 Å². The van der Waals surface area contributed by atoms with E-state index in [-0.39, 0.29) is 0 Å². The first kappa shape index (κ1) is 12.4. The summed E-state index contributed by atoms with van der Waals surface area (Å²) >= 11 is 0. The molecule has 3 aromatic carbocycles. The number of aromatic amines is 1. The molecule has 23 heavy (non-hydrogen) atoms. The van der Waals surface area contributed by atoms with Crippen LogP contribution in [0.3, 0.4) is 0 Å². The Hall–Kier alpha value is -3.20. The van der Waals surface area contributed by atoms with Crippen molar-refractivity contribution in [3.63, 3.8) is 0 Å². The van der Waals surface area contributed by atoms with E-state index in [4.69, 9.17) is 9.47 Å². The number of rotatable bonds is 1. The Bertz CT molecular complexity index is 956. The molecule has 1 N–H and O–H groups in total. The highest BCUT2D eigenvalue weighted by atomic mass is 16.6. The largest absolute Gasteiger partial charge is 0.449 e. The fourth-order valence-corrected chi connectivity index (χ4v) is 2.93. The minimum Gasteiger partial charge on any atom is -0.449 e. The van der Waals surface area contributed by atoms with Crippen molar-refractivity contribution < 1.29 is 9.47 Å². The lowest BCUT2D eigenvalue weighted by atomic mass is 10.1. The van der Waals surface area contributed by atoms with Crippen LogP contribution in [0.15, 0.2) is 72.8 Å². The third-order valence-electron chi connectivity index (χ3n) is 4.06. The molecule has 0 radical (unpaired) electrons.